The van der Waals surface area contributed by atoms with Crippen LogP contribution in [0.3, 0.4) is 0 Å². The van der Waals surface area contributed by atoms with Gasteiger partial charge >= 0.3 is 0 Å². The quantitative estimate of drug-likeness (QED) is 0.811. The van der Waals surface area contributed by atoms with Crippen molar-refractivity contribution >= 4 is 17.5 Å². The molecule has 0 aromatic heterocycles. The average Bonchev–Trinajstić information content (AvgIpc) is 2.63. The van der Waals surface area contributed by atoms with Gasteiger partial charge in [-0.1, -0.05) is 43.0 Å². The van der Waals surface area contributed by atoms with Gasteiger partial charge in [0.15, 0.2) is 0 Å². The van der Waals surface area contributed by atoms with Crippen LogP contribution in [-0.4, -0.2) is 36.5 Å². The van der Waals surface area contributed by atoms with Gasteiger partial charge in [0.25, 0.3) is 0 Å². The fraction of sp³-hybridized carbons (Fsp3) is 0.667. The number of halogens is 1. The van der Waals surface area contributed by atoms with Gasteiger partial charge < -0.3 is 10.2 Å². The third-order valence-corrected chi connectivity index (χ3v) is 5.96. The Morgan fingerprint density at radius 2 is 1.92 bits per heavy atom. The summed E-state index contributed by atoms with van der Waals surface area (Å²) in [5.74, 6) is 0.817. The predicted octanol–water partition coefficient (Wildman–Crippen LogP) is 4.43. The van der Waals surface area contributed by atoms with Crippen molar-refractivity contribution in [1.82, 2.24) is 10.2 Å². The first-order chi connectivity index (χ1) is 12.2. The minimum atomic E-state index is 0.190. The van der Waals surface area contributed by atoms with E-state index in [-0.39, 0.29) is 5.91 Å². The Morgan fingerprint density at radius 3 is 2.72 bits per heavy atom. The van der Waals surface area contributed by atoms with E-state index < -0.39 is 0 Å². The van der Waals surface area contributed by atoms with E-state index in [1.54, 1.807) is 0 Å². The molecule has 138 valence electrons. The van der Waals surface area contributed by atoms with Crippen LogP contribution in [-0.2, 0) is 11.2 Å². The number of nitrogens with zero attached hydrogens (tertiary/aromatic N) is 1. The van der Waals surface area contributed by atoms with Gasteiger partial charge in [0.05, 0.1) is 0 Å². The van der Waals surface area contributed by atoms with Crippen LogP contribution in [0.1, 0.15) is 56.9 Å². The maximum atomic E-state index is 12.4. The maximum Gasteiger partial charge on any atom is 0.220 e. The number of hydrogen-bond donors (Lipinski definition) is 1. The van der Waals surface area contributed by atoms with Crippen LogP contribution >= 0.6 is 11.6 Å². The van der Waals surface area contributed by atoms with E-state index in [9.17, 15) is 4.79 Å². The summed E-state index contributed by atoms with van der Waals surface area (Å²) in [6, 6.07) is 8.18. The van der Waals surface area contributed by atoms with Crippen LogP contribution in [0.5, 0.6) is 0 Å². The van der Waals surface area contributed by atoms with Gasteiger partial charge in [-0.15, -0.1) is 0 Å². The molecule has 25 heavy (non-hydrogen) atoms. The summed E-state index contributed by atoms with van der Waals surface area (Å²) in [6.45, 7) is 3.65. The minimum Gasteiger partial charge on any atom is -0.353 e. The largest absolute Gasteiger partial charge is 0.353 e. The number of hydrogen-bond acceptors (Lipinski definition) is 2. The van der Waals surface area contributed by atoms with Crippen LogP contribution in [0, 0.1) is 5.92 Å². The van der Waals surface area contributed by atoms with E-state index in [2.05, 4.69) is 10.2 Å². The third kappa shape index (κ3) is 6.00. The lowest BCUT2D eigenvalue weighted by molar-refractivity contribution is -0.122. The van der Waals surface area contributed by atoms with Gasteiger partial charge in [0.1, 0.15) is 0 Å². The standard InChI is InChI=1S/C21H31ClN2O/c22-19-9-6-7-17(15-19)11-12-21(25)23-20-10-3-2-8-18(20)16-24-13-4-1-5-14-24/h6-7,9,15,18,20H,1-5,8,10-14,16H2,(H,23,25). The fourth-order valence-electron chi connectivity index (χ4n) is 4.32. The first-order valence-corrected chi connectivity index (χ1v) is 10.3. The maximum absolute atomic E-state index is 12.4. The molecule has 1 aliphatic carbocycles. The van der Waals surface area contributed by atoms with Crippen LogP contribution in [0.4, 0.5) is 0 Å². The number of piperidine rings is 1. The van der Waals surface area contributed by atoms with Crippen molar-refractivity contribution in [2.24, 2.45) is 5.92 Å². The monoisotopic (exact) mass is 362 g/mol. The molecule has 4 heteroatoms. The van der Waals surface area contributed by atoms with Crippen LogP contribution in [0.25, 0.3) is 0 Å². The fourth-order valence-corrected chi connectivity index (χ4v) is 4.53. The Bertz CT molecular complexity index is 557. The predicted molar refractivity (Wildman–Crippen MR) is 104 cm³/mol. The normalized spacial score (nSPS) is 24.8. The van der Waals surface area contributed by atoms with Crippen molar-refractivity contribution in [2.45, 2.75) is 63.8 Å². The molecular weight excluding hydrogens is 332 g/mol. The Kier molecular flexibility index (Phi) is 7.18. The number of carbonyl (C=O) groups is 1. The lowest BCUT2D eigenvalue weighted by atomic mass is 9.83. The summed E-state index contributed by atoms with van der Waals surface area (Å²) in [6.07, 6.45) is 10.3. The Labute approximate surface area is 157 Å². The van der Waals surface area contributed by atoms with E-state index in [1.807, 2.05) is 24.3 Å². The van der Waals surface area contributed by atoms with Gasteiger partial charge in [-0.3, -0.25) is 4.79 Å². The number of rotatable bonds is 6. The van der Waals surface area contributed by atoms with Crippen molar-refractivity contribution in [3.05, 3.63) is 34.9 Å². The third-order valence-electron chi connectivity index (χ3n) is 5.73. The van der Waals surface area contributed by atoms with Crippen molar-refractivity contribution in [3.8, 4) is 0 Å². The highest BCUT2D eigenvalue weighted by Crippen LogP contribution is 2.26. The van der Waals surface area contributed by atoms with Crippen molar-refractivity contribution in [2.75, 3.05) is 19.6 Å². The number of benzene rings is 1. The summed E-state index contributed by atoms with van der Waals surface area (Å²) < 4.78 is 0. The van der Waals surface area contributed by atoms with Crippen molar-refractivity contribution in [1.29, 1.82) is 0 Å². The molecule has 2 aliphatic rings. The number of aryl methyl sites for hydroxylation is 1. The lowest BCUT2D eigenvalue weighted by Gasteiger charge is -2.37. The minimum absolute atomic E-state index is 0.190. The lowest BCUT2D eigenvalue weighted by Crippen LogP contribution is -2.47. The van der Waals surface area contributed by atoms with Crippen molar-refractivity contribution < 1.29 is 4.79 Å². The number of amides is 1. The first kappa shape index (κ1) is 18.7. The smallest absolute Gasteiger partial charge is 0.220 e. The first-order valence-electron chi connectivity index (χ1n) is 9.97. The van der Waals surface area contributed by atoms with Gasteiger partial charge in [-0.05, 0) is 68.8 Å². The molecule has 3 nitrogen and oxygen atoms in total. The molecule has 2 fully saturated rings. The number of carbonyl (C=O) groups excluding carboxylic acids is 1. The van der Waals surface area contributed by atoms with Gasteiger partial charge in [-0.25, -0.2) is 0 Å². The summed E-state index contributed by atoms with van der Waals surface area (Å²) in [7, 11) is 0. The molecule has 1 aliphatic heterocycles. The zero-order valence-corrected chi connectivity index (χ0v) is 15.9. The summed E-state index contributed by atoms with van der Waals surface area (Å²) in [4.78, 5) is 15.1. The zero-order valence-electron chi connectivity index (χ0n) is 15.2. The SMILES string of the molecule is O=C(CCc1cccc(Cl)c1)NC1CCCCC1CN1CCCCC1. The molecule has 1 saturated carbocycles. The second-order valence-electron chi connectivity index (χ2n) is 7.71. The number of likely N-dealkylation sites (tertiary alicyclic amines) is 1. The zero-order chi connectivity index (χ0) is 17.5. The number of nitrogens with one attached hydrogen (secondary N) is 1. The van der Waals surface area contributed by atoms with E-state index in [4.69, 9.17) is 11.6 Å². The van der Waals surface area contributed by atoms with Gasteiger partial charge in [0, 0.05) is 24.0 Å². The van der Waals surface area contributed by atoms with Gasteiger partial charge in [0.2, 0.25) is 5.91 Å². The van der Waals surface area contributed by atoms with E-state index >= 15 is 0 Å². The van der Waals surface area contributed by atoms with Crippen LogP contribution in [0.2, 0.25) is 5.02 Å². The molecule has 3 rings (SSSR count). The molecule has 1 saturated heterocycles. The molecule has 2 unspecified atom stereocenters. The van der Waals surface area contributed by atoms with Crippen molar-refractivity contribution in [3.63, 3.8) is 0 Å². The molecule has 2 atom stereocenters. The molecule has 0 radical (unpaired) electrons. The van der Waals surface area contributed by atoms with E-state index in [1.165, 1.54) is 58.2 Å². The highest BCUT2D eigenvalue weighted by atomic mass is 35.5. The van der Waals surface area contributed by atoms with E-state index in [0.29, 0.717) is 18.4 Å². The topological polar surface area (TPSA) is 32.3 Å². The summed E-state index contributed by atoms with van der Waals surface area (Å²) in [5.41, 5.74) is 1.14. The Morgan fingerprint density at radius 1 is 1.12 bits per heavy atom. The Hall–Kier alpha value is -1.06. The molecule has 1 amide bonds. The Balaban J connectivity index is 1.47. The summed E-state index contributed by atoms with van der Waals surface area (Å²) >= 11 is 6.02. The molecule has 1 heterocycles. The average molecular weight is 363 g/mol. The molecular formula is C21H31ClN2O. The van der Waals surface area contributed by atoms with Crippen LogP contribution < -0.4 is 5.32 Å². The molecule has 1 aromatic rings. The molecule has 1 N–H and O–H groups in total. The molecule has 1 aromatic carbocycles. The van der Waals surface area contributed by atoms with Gasteiger partial charge in [-0.2, -0.15) is 0 Å². The summed E-state index contributed by atoms with van der Waals surface area (Å²) in [5, 5.41) is 4.09. The highest BCUT2D eigenvalue weighted by molar-refractivity contribution is 6.30. The molecule has 0 spiro atoms. The van der Waals surface area contributed by atoms with E-state index in [0.717, 1.165) is 23.4 Å². The highest BCUT2D eigenvalue weighted by Gasteiger charge is 2.28. The van der Waals surface area contributed by atoms with Crippen LogP contribution in [0.15, 0.2) is 24.3 Å². The molecule has 0 bridgehead atoms. The second kappa shape index (κ2) is 9.59. The second-order valence-corrected chi connectivity index (χ2v) is 8.15.